The Hall–Kier alpha value is -1.14. The third-order valence-electron chi connectivity index (χ3n) is 3.53. The van der Waals surface area contributed by atoms with Gasteiger partial charge < -0.3 is 15.5 Å². The minimum absolute atomic E-state index is 0.0139. The summed E-state index contributed by atoms with van der Waals surface area (Å²) in [6, 6.07) is -0.782. The third-order valence-corrected chi connectivity index (χ3v) is 3.53. The van der Waals surface area contributed by atoms with Crippen molar-refractivity contribution in [3.05, 3.63) is 0 Å². The van der Waals surface area contributed by atoms with Crippen molar-refractivity contribution in [2.24, 2.45) is 0 Å². The molecular formula is C15H30N2O4. The van der Waals surface area contributed by atoms with E-state index in [1.807, 2.05) is 0 Å². The average molecular weight is 302 g/mol. The fourth-order valence-electron chi connectivity index (χ4n) is 2.15. The fourth-order valence-corrected chi connectivity index (χ4v) is 2.15. The van der Waals surface area contributed by atoms with Gasteiger partial charge >= 0.3 is 5.97 Å². The number of carboxylic acid groups (broad SMARTS) is 1. The molecule has 0 spiro atoms. The number of nitrogens with one attached hydrogen (secondary N) is 1. The lowest BCUT2D eigenvalue weighted by Gasteiger charge is -2.28. The maximum absolute atomic E-state index is 11.6. The number of nitrogens with zero attached hydrogens (tertiary/aromatic N) is 1. The Labute approximate surface area is 127 Å². The van der Waals surface area contributed by atoms with E-state index in [0.29, 0.717) is 19.5 Å². The van der Waals surface area contributed by atoms with Crippen molar-refractivity contribution in [2.45, 2.75) is 71.6 Å². The van der Waals surface area contributed by atoms with Gasteiger partial charge in [-0.25, -0.2) is 0 Å². The molecule has 0 fully saturated rings. The standard InChI is InChI=1S/C15H30N2O4/c1-4-5-6-7-8-9-14(19)16-10-11-17(13(3)18)12(2)15(20)21/h12-13,18H,4-11H2,1-3H3,(H,16,19)(H,20,21). The molecule has 1 amide bonds. The van der Waals surface area contributed by atoms with Crippen molar-refractivity contribution >= 4 is 11.9 Å². The second kappa shape index (κ2) is 11.5. The summed E-state index contributed by atoms with van der Waals surface area (Å²) in [4.78, 5) is 24.0. The predicted octanol–water partition coefficient (Wildman–Crippen LogP) is 1.58. The first-order chi connectivity index (χ1) is 9.90. The van der Waals surface area contributed by atoms with Gasteiger partial charge in [0.05, 0.1) is 0 Å². The van der Waals surface area contributed by atoms with Crippen LogP contribution in [0.25, 0.3) is 0 Å². The minimum Gasteiger partial charge on any atom is -0.480 e. The van der Waals surface area contributed by atoms with Crippen molar-refractivity contribution in [3.63, 3.8) is 0 Å². The van der Waals surface area contributed by atoms with E-state index in [1.165, 1.54) is 31.6 Å². The molecule has 0 saturated carbocycles. The van der Waals surface area contributed by atoms with Crippen molar-refractivity contribution in [1.29, 1.82) is 0 Å². The molecule has 0 heterocycles. The molecule has 0 bridgehead atoms. The first-order valence-electron chi connectivity index (χ1n) is 7.83. The van der Waals surface area contributed by atoms with Gasteiger partial charge in [-0.15, -0.1) is 0 Å². The van der Waals surface area contributed by atoms with Gasteiger partial charge in [-0.2, -0.15) is 0 Å². The highest BCUT2D eigenvalue weighted by atomic mass is 16.4. The van der Waals surface area contributed by atoms with Crippen LogP contribution in [0.2, 0.25) is 0 Å². The van der Waals surface area contributed by atoms with E-state index in [0.717, 1.165) is 19.3 Å². The van der Waals surface area contributed by atoms with Gasteiger partial charge in [0, 0.05) is 19.5 Å². The van der Waals surface area contributed by atoms with Crippen LogP contribution >= 0.6 is 0 Å². The van der Waals surface area contributed by atoms with Crippen LogP contribution in [0.5, 0.6) is 0 Å². The van der Waals surface area contributed by atoms with E-state index in [4.69, 9.17) is 5.11 Å². The van der Waals surface area contributed by atoms with Gasteiger partial charge in [0.15, 0.2) is 0 Å². The van der Waals surface area contributed by atoms with Crippen molar-refractivity contribution in [1.82, 2.24) is 10.2 Å². The van der Waals surface area contributed by atoms with Gasteiger partial charge in [0.25, 0.3) is 0 Å². The van der Waals surface area contributed by atoms with E-state index in [2.05, 4.69) is 12.2 Å². The number of carbonyl (C=O) groups excluding carboxylic acids is 1. The zero-order valence-corrected chi connectivity index (χ0v) is 13.5. The van der Waals surface area contributed by atoms with Crippen molar-refractivity contribution in [2.75, 3.05) is 13.1 Å². The van der Waals surface area contributed by atoms with Crippen LogP contribution in [-0.4, -0.2) is 52.3 Å². The number of hydrogen-bond donors (Lipinski definition) is 3. The summed E-state index contributed by atoms with van der Waals surface area (Å²) < 4.78 is 0. The molecule has 0 aromatic heterocycles. The summed E-state index contributed by atoms with van der Waals surface area (Å²) >= 11 is 0. The molecule has 6 heteroatoms. The molecule has 0 aromatic carbocycles. The molecule has 0 rings (SSSR count). The SMILES string of the molecule is CCCCCCCC(=O)NCCN(C(C)O)C(C)C(=O)O. The summed E-state index contributed by atoms with van der Waals surface area (Å²) in [7, 11) is 0. The predicted molar refractivity (Wildman–Crippen MR) is 81.9 cm³/mol. The van der Waals surface area contributed by atoms with E-state index >= 15 is 0 Å². The zero-order chi connectivity index (χ0) is 16.3. The summed E-state index contributed by atoms with van der Waals surface area (Å²) in [6.45, 7) is 5.85. The maximum Gasteiger partial charge on any atom is 0.320 e. The number of carboxylic acids is 1. The monoisotopic (exact) mass is 302 g/mol. The number of rotatable bonds is 12. The molecule has 0 aliphatic carbocycles. The van der Waals surface area contributed by atoms with Crippen LogP contribution in [-0.2, 0) is 9.59 Å². The van der Waals surface area contributed by atoms with E-state index in [-0.39, 0.29) is 5.91 Å². The number of aliphatic carboxylic acids is 1. The lowest BCUT2D eigenvalue weighted by atomic mass is 10.1. The van der Waals surface area contributed by atoms with E-state index < -0.39 is 18.2 Å². The van der Waals surface area contributed by atoms with Gasteiger partial charge in [0.2, 0.25) is 5.91 Å². The lowest BCUT2D eigenvalue weighted by Crippen LogP contribution is -2.47. The Morgan fingerprint density at radius 2 is 1.76 bits per heavy atom. The number of amides is 1. The third kappa shape index (κ3) is 9.42. The Bertz CT molecular complexity index is 308. The number of carbonyl (C=O) groups is 2. The van der Waals surface area contributed by atoms with Gasteiger partial charge in [-0.05, 0) is 20.3 Å². The highest BCUT2D eigenvalue weighted by molar-refractivity contribution is 5.75. The Balaban J connectivity index is 3.88. The first-order valence-corrected chi connectivity index (χ1v) is 7.83. The number of unbranched alkanes of at least 4 members (excludes halogenated alkanes) is 4. The Morgan fingerprint density at radius 1 is 1.14 bits per heavy atom. The second-order valence-electron chi connectivity index (χ2n) is 5.40. The smallest absolute Gasteiger partial charge is 0.320 e. The van der Waals surface area contributed by atoms with Crippen LogP contribution < -0.4 is 5.32 Å². The molecule has 0 aliphatic heterocycles. The quantitative estimate of drug-likeness (QED) is 0.376. The zero-order valence-electron chi connectivity index (χ0n) is 13.5. The molecule has 0 aliphatic rings. The number of hydrogen-bond acceptors (Lipinski definition) is 4. The molecule has 2 atom stereocenters. The summed E-state index contributed by atoms with van der Waals surface area (Å²) in [5, 5.41) is 21.3. The van der Waals surface area contributed by atoms with Gasteiger partial charge in [-0.3, -0.25) is 14.5 Å². The summed E-state index contributed by atoms with van der Waals surface area (Å²) in [5.74, 6) is -1.00. The fraction of sp³-hybridized carbons (Fsp3) is 0.867. The molecule has 6 nitrogen and oxygen atoms in total. The second-order valence-corrected chi connectivity index (χ2v) is 5.40. The summed E-state index contributed by atoms with van der Waals surface area (Å²) in [5.41, 5.74) is 0. The highest BCUT2D eigenvalue weighted by Gasteiger charge is 2.23. The molecule has 2 unspecified atom stereocenters. The molecule has 3 N–H and O–H groups in total. The van der Waals surface area contributed by atoms with Crippen LogP contribution in [0.1, 0.15) is 59.3 Å². The highest BCUT2D eigenvalue weighted by Crippen LogP contribution is 2.05. The Morgan fingerprint density at radius 3 is 2.29 bits per heavy atom. The number of aliphatic hydroxyl groups is 1. The van der Waals surface area contributed by atoms with E-state index in [1.54, 1.807) is 0 Å². The number of aliphatic hydroxyl groups excluding tert-OH is 1. The molecule has 0 aromatic rings. The van der Waals surface area contributed by atoms with Crippen LogP contribution in [0.4, 0.5) is 0 Å². The lowest BCUT2D eigenvalue weighted by molar-refractivity contribution is -0.146. The first kappa shape index (κ1) is 19.9. The van der Waals surface area contributed by atoms with Crippen molar-refractivity contribution in [3.8, 4) is 0 Å². The molecule has 0 saturated heterocycles. The Kier molecular flexibility index (Phi) is 10.9. The molecule has 124 valence electrons. The molecule has 0 radical (unpaired) electrons. The largest absolute Gasteiger partial charge is 0.480 e. The van der Waals surface area contributed by atoms with Gasteiger partial charge in [0.1, 0.15) is 12.3 Å². The normalized spacial score (nSPS) is 14.0. The minimum atomic E-state index is -0.988. The van der Waals surface area contributed by atoms with E-state index in [9.17, 15) is 14.7 Å². The maximum atomic E-state index is 11.6. The average Bonchev–Trinajstić information content (AvgIpc) is 2.42. The molecular weight excluding hydrogens is 272 g/mol. The van der Waals surface area contributed by atoms with Crippen LogP contribution in [0.3, 0.4) is 0 Å². The van der Waals surface area contributed by atoms with Gasteiger partial charge in [-0.1, -0.05) is 32.6 Å². The summed E-state index contributed by atoms with van der Waals surface area (Å²) in [6.07, 6.45) is 5.15. The van der Waals surface area contributed by atoms with Crippen LogP contribution in [0.15, 0.2) is 0 Å². The van der Waals surface area contributed by atoms with Crippen molar-refractivity contribution < 1.29 is 19.8 Å². The molecule has 21 heavy (non-hydrogen) atoms. The topological polar surface area (TPSA) is 89.9 Å². The van der Waals surface area contributed by atoms with Crippen LogP contribution in [0, 0.1) is 0 Å².